The van der Waals surface area contributed by atoms with Crippen LogP contribution in [-0.2, 0) is 19.9 Å². The highest BCUT2D eigenvalue weighted by atomic mass is 16.5. The number of nitrogens with one attached hydrogen (secondary N) is 1. The van der Waals surface area contributed by atoms with Crippen LogP contribution in [0.5, 0.6) is 5.75 Å². The van der Waals surface area contributed by atoms with Crippen LogP contribution in [0, 0.1) is 0 Å². The summed E-state index contributed by atoms with van der Waals surface area (Å²) in [5.41, 5.74) is -0.564. The summed E-state index contributed by atoms with van der Waals surface area (Å²) < 4.78 is 10.5. The van der Waals surface area contributed by atoms with Crippen LogP contribution in [0.1, 0.15) is 12.5 Å². The Balaban J connectivity index is 1.57. The fourth-order valence-electron chi connectivity index (χ4n) is 3.75. The summed E-state index contributed by atoms with van der Waals surface area (Å²) in [7, 11) is 1.61. The number of amides is 4. The van der Waals surface area contributed by atoms with Gasteiger partial charge < -0.3 is 19.7 Å². The lowest BCUT2D eigenvalue weighted by molar-refractivity contribution is -0.141. The number of hydrogen-bond donors (Lipinski definition) is 1. The van der Waals surface area contributed by atoms with Crippen LogP contribution in [0.3, 0.4) is 0 Å². The number of morpholine rings is 1. The van der Waals surface area contributed by atoms with Gasteiger partial charge in [0.15, 0.2) is 0 Å². The van der Waals surface area contributed by atoms with Gasteiger partial charge in [0.2, 0.25) is 5.91 Å². The van der Waals surface area contributed by atoms with Crippen LogP contribution in [0.25, 0.3) is 10.8 Å². The van der Waals surface area contributed by atoms with Crippen molar-refractivity contribution >= 4 is 28.6 Å². The molecule has 1 N–H and O–H groups in total. The van der Waals surface area contributed by atoms with E-state index in [0.29, 0.717) is 31.9 Å². The number of ether oxygens (including phenoxy) is 2. The second-order valence-electron chi connectivity index (χ2n) is 7.37. The van der Waals surface area contributed by atoms with E-state index in [-0.39, 0.29) is 12.5 Å². The number of methoxy groups -OCH3 is 1. The molecule has 0 bridgehead atoms. The van der Waals surface area contributed by atoms with Crippen molar-refractivity contribution in [1.82, 2.24) is 15.1 Å². The molecule has 2 aromatic rings. The van der Waals surface area contributed by atoms with E-state index in [1.807, 2.05) is 36.4 Å². The second kappa shape index (κ2) is 7.36. The molecule has 2 saturated heterocycles. The van der Waals surface area contributed by atoms with Gasteiger partial charge >= 0.3 is 6.03 Å². The summed E-state index contributed by atoms with van der Waals surface area (Å²) in [5, 5.41) is 4.65. The summed E-state index contributed by atoms with van der Waals surface area (Å²) in [6.07, 6.45) is 0. The Morgan fingerprint density at radius 1 is 1.14 bits per heavy atom. The van der Waals surface area contributed by atoms with Crippen LogP contribution in [-0.4, -0.2) is 67.6 Å². The largest absolute Gasteiger partial charge is 0.497 e. The summed E-state index contributed by atoms with van der Waals surface area (Å²) in [6, 6.07) is 10.7. The van der Waals surface area contributed by atoms with Crippen molar-refractivity contribution in [3.63, 3.8) is 0 Å². The minimum absolute atomic E-state index is 0.258. The number of nitrogens with zero attached hydrogens (tertiary/aromatic N) is 2. The maximum Gasteiger partial charge on any atom is 0.325 e. The van der Waals surface area contributed by atoms with Gasteiger partial charge in [-0.1, -0.05) is 18.2 Å². The van der Waals surface area contributed by atoms with Crippen LogP contribution in [0.15, 0.2) is 36.4 Å². The van der Waals surface area contributed by atoms with Gasteiger partial charge in [-0.2, -0.15) is 0 Å². The van der Waals surface area contributed by atoms with Crippen LogP contribution < -0.4 is 10.1 Å². The maximum absolute atomic E-state index is 13.1. The number of carbonyl (C=O) groups is 3. The highest BCUT2D eigenvalue weighted by molar-refractivity contribution is 6.09. The first-order chi connectivity index (χ1) is 13.9. The molecule has 1 atom stereocenters. The summed E-state index contributed by atoms with van der Waals surface area (Å²) in [6.45, 7) is 3.25. The summed E-state index contributed by atoms with van der Waals surface area (Å²) >= 11 is 0. The number of benzene rings is 2. The Kier molecular flexibility index (Phi) is 4.87. The van der Waals surface area contributed by atoms with Crippen molar-refractivity contribution in [2.75, 3.05) is 40.0 Å². The third kappa shape index (κ3) is 3.40. The normalized spacial score (nSPS) is 22.1. The van der Waals surface area contributed by atoms with Crippen molar-refractivity contribution < 1.29 is 23.9 Å². The van der Waals surface area contributed by atoms with Crippen molar-refractivity contribution in [3.8, 4) is 5.75 Å². The van der Waals surface area contributed by atoms with Crippen LogP contribution >= 0.6 is 0 Å². The zero-order valence-corrected chi connectivity index (χ0v) is 16.4. The smallest absolute Gasteiger partial charge is 0.325 e. The van der Waals surface area contributed by atoms with Crippen molar-refractivity contribution in [3.05, 3.63) is 42.0 Å². The zero-order chi connectivity index (χ0) is 20.6. The topological polar surface area (TPSA) is 88.2 Å². The van der Waals surface area contributed by atoms with E-state index >= 15 is 0 Å². The number of hydrogen-bond acceptors (Lipinski definition) is 5. The first-order valence-corrected chi connectivity index (χ1v) is 9.50. The SMILES string of the molecule is COc1ccc2cc(C3(C)NC(=O)N(CC(=O)N4CCOCC4)C3=O)ccc2c1. The standard InChI is InChI=1S/C21H23N3O5/c1-21(16-5-3-15-12-17(28-2)6-4-14(15)11-16)19(26)24(20(27)22-21)13-18(25)23-7-9-29-10-8-23/h3-6,11-12H,7-10,13H2,1-2H3,(H,22,27). The third-order valence-corrected chi connectivity index (χ3v) is 5.56. The second-order valence-corrected chi connectivity index (χ2v) is 7.37. The van der Waals surface area contributed by atoms with E-state index in [0.717, 1.165) is 21.4 Å². The number of rotatable bonds is 4. The molecule has 2 aliphatic heterocycles. The lowest BCUT2D eigenvalue weighted by Crippen LogP contribution is -2.47. The highest BCUT2D eigenvalue weighted by Gasteiger charge is 2.49. The van der Waals surface area contributed by atoms with Gasteiger partial charge in [0, 0.05) is 13.1 Å². The highest BCUT2D eigenvalue weighted by Crippen LogP contribution is 2.32. The first-order valence-electron chi connectivity index (χ1n) is 9.50. The fraction of sp³-hybridized carbons (Fsp3) is 0.381. The van der Waals surface area contributed by atoms with Crippen molar-refractivity contribution in [2.24, 2.45) is 0 Å². The molecule has 0 aliphatic carbocycles. The molecular formula is C21H23N3O5. The predicted octanol–water partition coefficient (Wildman–Crippen LogP) is 1.47. The van der Waals surface area contributed by atoms with Gasteiger partial charge in [-0.05, 0) is 41.5 Å². The Hall–Kier alpha value is -3.13. The number of imide groups is 1. The van der Waals surface area contributed by atoms with E-state index in [2.05, 4.69) is 5.32 Å². The number of fused-ring (bicyclic) bond motifs is 1. The molecule has 152 valence electrons. The Morgan fingerprint density at radius 2 is 1.83 bits per heavy atom. The lowest BCUT2D eigenvalue weighted by Gasteiger charge is -2.28. The Bertz CT molecular complexity index is 985. The average molecular weight is 397 g/mol. The molecule has 0 saturated carbocycles. The minimum atomic E-state index is -1.23. The summed E-state index contributed by atoms with van der Waals surface area (Å²) in [4.78, 5) is 40.8. The maximum atomic E-state index is 13.1. The number of carbonyl (C=O) groups excluding carboxylic acids is 3. The summed E-state index contributed by atoms with van der Waals surface area (Å²) in [5.74, 6) is 0.0538. The molecule has 2 fully saturated rings. The monoisotopic (exact) mass is 397 g/mol. The van der Waals surface area contributed by atoms with Gasteiger partial charge in [-0.25, -0.2) is 4.79 Å². The average Bonchev–Trinajstić information content (AvgIpc) is 2.97. The van der Waals surface area contributed by atoms with Gasteiger partial charge in [0.25, 0.3) is 5.91 Å². The number of urea groups is 1. The van der Waals surface area contributed by atoms with Gasteiger partial charge in [-0.15, -0.1) is 0 Å². The van der Waals surface area contributed by atoms with Gasteiger partial charge in [0.1, 0.15) is 17.8 Å². The molecule has 0 spiro atoms. The minimum Gasteiger partial charge on any atom is -0.497 e. The molecule has 29 heavy (non-hydrogen) atoms. The van der Waals surface area contributed by atoms with Gasteiger partial charge in [-0.3, -0.25) is 14.5 Å². The molecule has 2 heterocycles. The van der Waals surface area contributed by atoms with E-state index in [4.69, 9.17) is 9.47 Å². The lowest BCUT2D eigenvalue weighted by atomic mass is 9.90. The quantitative estimate of drug-likeness (QED) is 0.790. The molecule has 2 aromatic carbocycles. The first kappa shape index (κ1) is 19.2. The van der Waals surface area contributed by atoms with Crippen molar-refractivity contribution in [1.29, 1.82) is 0 Å². The van der Waals surface area contributed by atoms with Crippen LogP contribution in [0.2, 0.25) is 0 Å². The molecule has 1 unspecified atom stereocenters. The molecule has 2 aliphatic rings. The van der Waals surface area contributed by atoms with Gasteiger partial charge in [0.05, 0.1) is 20.3 Å². The van der Waals surface area contributed by atoms with Crippen molar-refractivity contribution in [2.45, 2.75) is 12.5 Å². The molecule has 4 amide bonds. The Morgan fingerprint density at radius 3 is 2.55 bits per heavy atom. The predicted molar refractivity (Wildman–Crippen MR) is 105 cm³/mol. The van der Waals surface area contributed by atoms with E-state index < -0.39 is 17.5 Å². The molecule has 8 nitrogen and oxygen atoms in total. The zero-order valence-electron chi connectivity index (χ0n) is 16.4. The molecule has 4 rings (SSSR count). The third-order valence-electron chi connectivity index (χ3n) is 5.56. The molecule has 0 radical (unpaired) electrons. The van der Waals surface area contributed by atoms with Crippen LogP contribution in [0.4, 0.5) is 4.79 Å². The molecular weight excluding hydrogens is 374 g/mol. The van der Waals surface area contributed by atoms with E-state index in [9.17, 15) is 14.4 Å². The Labute approximate surface area is 168 Å². The van der Waals surface area contributed by atoms with E-state index in [1.165, 1.54) is 0 Å². The van der Waals surface area contributed by atoms with E-state index in [1.54, 1.807) is 18.9 Å². The molecule has 8 heteroatoms. The fourth-order valence-corrected chi connectivity index (χ4v) is 3.75. The molecule has 0 aromatic heterocycles.